The average Bonchev–Trinajstić information content (AvgIpc) is 2.70. The molecule has 0 aliphatic rings. The van der Waals surface area contributed by atoms with E-state index in [0.717, 1.165) is 6.42 Å². The molecule has 6 heteroatoms. The van der Waals surface area contributed by atoms with Gasteiger partial charge in [0.15, 0.2) is 6.10 Å². The molecule has 3 rings (SSSR count). The van der Waals surface area contributed by atoms with Gasteiger partial charge in [0.05, 0.1) is 6.16 Å². The van der Waals surface area contributed by atoms with Crippen LogP contribution in [-0.4, -0.2) is 22.1 Å². The minimum absolute atomic E-state index is 0.0750. The van der Waals surface area contributed by atoms with Crippen molar-refractivity contribution < 1.29 is 23.9 Å². The molecular weight excluding hydrogens is 375 g/mol. The summed E-state index contributed by atoms with van der Waals surface area (Å²) >= 11 is 0. The molecule has 2 N–H and O–H groups in total. The number of carboxylic acid groups (broad SMARTS) is 1. The minimum atomic E-state index is -4.02. The monoisotopic (exact) mass is 398 g/mol. The Bertz CT molecular complexity index is 981. The molecule has 146 valence electrons. The molecule has 0 aliphatic heterocycles. The van der Waals surface area contributed by atoms with E-state index in [1.54, 1.807) is 30.3 Å². The Morgan fingerprint density at radius 3 is 2.36 bits per heavy atom. The highest BCUT2D eigenvalue weighted by Crippen LogP contribution is 2.47. The molecule has 0 saturated carbocycles. The van der Waals surface area contributed by atoms with Gasteiger partial charge in [0.2, 0.25) is 0 Å². The van der Waals surface area contributed by atoms with Crippen LogP contribution in [0.5, 0.6) is 0 Å². The zero-order chi connectivity index (χ0) is 20.0. The lowest BCUT2D eigenvalue weighted by atomic mass is 10.0. The summed E-state index contributed by atoms with van der Waals surface area (Å²) in [5, 5.41) is 11.7. The first-order chi connectivity index (χ1) is 13.5. The molecule has 2 unspecified atom stereocenters. The van der Waals surface area contributed by atoms with Crippen LogP contribution in [0, 0.1) is 0 Å². The van der Waals surface area contributed by atoms with Crippen LogP contribution in [0.3, 0.4) is 0 Å². The lowest BCUT2D eigenvalue weighted by Crippen LogP contribution is -2.15. The first-order valence-corrected chi connectivity index (χ1v) is 11.0. The molecule has 2 atom stereocenters. The second kappa shape index (κ2) is 9.16. The number of hydrogen-bond donors (Lipinski definition) is 2. The van der Waals surface area contributed by atoms with E-state index in [-0.39, 0.29) is 6.16 Å². The van der Waals surface area contributed by atoms with E-state index in [9.17, 15) is 19.4 Å². The second-order valence-electron chi connectivity index (χ2n) is 6.69. The van der Waals surface area contributed by atoms with Crippen molar-refractivity contribution in [1.29, 1.82) is 0 Å². The molecule has 0 bridgehead atoms. The van der Waals surface area contributed by atoms with Crippen molar-refractivity contribution >= 4 is 24.3 Å². The van der Waals surface area contributed by atoms with E-state index in [0.29, 0.717) is 18.4 Å². The van der Waals surface area contributed by atoms with Gasteiger partial charge in [-0.25, -0.2) is 4.79 Å². The van der Waals surface area contributed by atoms with Crippen LogP contribution in [0.4, 0.5) is 0 Å². The number of fused-ring (bicyclic) bond motifs is 1. The Morgan fingerprint density at radius 1 is 0.929 bits per heavy atom. The number of hydrogen-bond acceptors (Lipinski definition) is 3. The predicted octanol–water partition coefficient (Wildman–Crippen LogP) is 5.19. The quantitative estimate of drug-likeness (QED) is 0.383. The number of carbonyl (C=O) groups is 1. The van der Waals surface area contributed by atoms with Crippen molar-refractivity contribution in [2.75, 3.05) is 6.16 Å². The van der Waals surface area contributed by atoms with Gasteiger partial charge in [-0.2, -0.15) is 0 Å². The van der Waals surface area contributed by atoms with Gasteiger partial charge in [-0.05, 0) is 41.2 Å². The summed E-state index contributed by atoms with van der Waals surface area (Å²) in [5.74, 6) is -1.28. The fourth-order valence-electron chi connectivity index (χ4n) is 3.23. The van der Waals surface area contributed by atoms with Gasteiger partial charge in [-0.15, -0.1) is 0 Å². The molecule has 28 heavy (non-hydrogen) atoms. The Labute approximate surface area is 164 Å². The highest BCUT2D eigenvalue weighted by molar-refractivity contribution is 7.52. The van der Waals surface area contributed by atoms with E-state index < -0.39 is 19.7 Å². The minimum Gasteiger partial charge on any atom is -0.479 e. The molecule has 3 aromatic rings. The van der Waals surface area contributed by atoms with Crippen LogP contribution in [0.15, 0.2) is 72.8 Å². The highest BCUT2D eigenvalue weighted by Gasteiger charge is 2.30. The van der Waals surface area contributed by atoms with Crippen LogP contribution in [0.2, 0.25) is 0 Å². The first kappa shape index (κ1) is 20.3. The molecule has 0 radical (unpaired) electrons. The number of rotatable bonds is 9. The molecular formula is C22H23O5P. The number of carboxylic acids is 1. The number of unbranched alkanes of at least 4 members (excludes halogenated alkanes) is 1. The van der Waals surface area contributed by atoms with E-state index in [1.807, 2.05) is 18.2 Å². The summed E-state index contributed by atoms with van der Waals surface area (Å²) in [5.41, 5.74) is 1.54. The Kier molecular flexibility index (Phi) is 6.63. The summed E-state index contributed by atoms with van der Waals surface area (Å²) in [6, 6.07) is 22.5. The van der Waals surface area contributed by atoms with E-state index >= 15 is 0 Å². The molecule has 0 saturated heterocycles. The van der Waals surface area contributed by atoms with Crippen molar-refractivity contribution in [2.24, 2.45) is 0 Å². The fraction of sp³-hybridized carbons (Fsp3) is 0.227. The topological polar surface area (TPSA) is 83.8 Å². The molecule has 0 spiro atoms. The zero-order valence-corrected chi connectivity index (χ0v) is 16.3. The van der Waals surface area contributed by atoms with E-state index in [1.165, 1.54) is 16.3 Å². The molecule has 0 heterocycles. The van der Waals surface area contributed by atoms with Crippen LogP contribution < -0.4 is 0 Å². The third-order valence-corrected chi connectivity index (χ3v) is 6.04. The predicted molar refractivity (Wildman–Crippen MR) is 109 cm³/mol. The third-order valence-electron chi connectivity index (χ3n) is 4.61. The van der Waals surface area contributed by atoms with Gasteiger partial charge in [0.25, 0.3) is 0 Å². The van der Waals surface area contributed by atoms with Crippen molar-refractivity contribution in [3.05, 3.63) is 83.9 Å². The van der Waals surface area contributed by atoms with Crippen molar-refractivity contribution in [3.63, 3.8) is 0 Å². The van der Waals surface area contributed by atoms with E-state index in [4.69, 9.17) is 4.52 Å². The molecule has 0 aliphatic carbocycles. The van der Waals surface area contributed by atoms with Crippen molar-refractivity contribution in [1.82, 2.24) is 0 Å². The maximum absolute atomic E-state index is 12.4. The maximum atomic E-state index is 12.4. The number of benzene rings is 3. The normalized spacial score (nSPS) is 14.5. The lowest BCUT2D eigenvalue weighted by molar-refractivity contribution is -0.145. The Balaban J connectivity index is 1.57. The maximum Gasteiger partial charge on any atom is 0.338 e. The van der Waals surface area contributed by atoms with Crippen LogP contribution >= 0.6 is 7.60 Å². The lowest BCUT2D eigenvalue weighted by Gasteiger charge is -2.18. The fourth-order valence-corrected chi connectivity index (χ4v) is 4.50. The van der Waals surface area contributed by atoms with E-state index in [2.05, 4.69) is 24.3 Å². The second-order valence-corrected chi connectivity index (χ2v) is 8.62. The summed E-state index contributed by atoms with van der Waals surface area (Å²) in [6.45, 7) is 0. The smallest absolute Gasteiger partial charge is 0.338 e. The van der Waals surface area contributed by atoms with Gasteiger partial charge in [-0.1, -0.05) is 72.8 Å². The zero-order valence-electron chi connectivity index (χ0n) is 15.4. The molecule has 0 aromatic heterocycles. The van der Waals surface area contributed by atoms with Crippen LogP contribution in [-0.2, 0) is 20.3 Å². The van der Waals surface area contributed by atoms with Crippen molar-refractivity contribution in [2.45, 2.75) is 25.4 Å². The molecule has 0 amide bonds. The van der Waals surface area contributed by atoms with Gasteiger partial charge in [0.1, 0.15) is 0 Å². The third kappa shape index (κ3) is 5.29. The first-order valence-electron chi connectivity index (χ1n) is 9.21. The molecule has 0 fully saturated rings. The highest BCUT2D eigenvalue weighted by atomic mass is 31.2. The van der Waals surface area contributed by atoms with Crippen molar-refractivity contribution in [3.8, 4) is 0 Å². The Morgan fingerprint density at radius 2 is 1.61 bits per heavy atom. The van der Waals surface area contributed by atoms with Crippen LogP contribution in [0.1, 0.15) is 30.1 Å². The summed E-state index contributed by atoms with van der Waals surface area (Å²) in [7, 11) is -4.02. The summed E-state index contributed by atoms with van der Waals surface area (Å²) in [6.07, 6.45) is 0.440. The molecule has 5 nitrogen and oxygen atoms in total. The largest absolute Gasteiger partial charge is 0.479 e. The van der Waals surface area contributed by atoms with Gasteiger partial charge in [0, 0.05) is 0 Å². The summed E-state index contributed by atoms with van der Waals surface area (Å²) in [4.78, 5) is 21.6. The Hall–Kier alpha value is -2.46. The molecule has 3 aromatic carbocycles. The number of aryl methyl sites for hydroxylation is 1. The van der Waals surface area contributed by atoms with Gasteiger partial charge in [-0.3, -0.25) is 9.09 Å². The van der Waals surface area contributed by atoms with Crippen LogP contribution in [0.25, 0.3) is 10.8 Å². The number of aliphatic carboxylic acids is 1. The summed E-state index contributed by atoms with van der Waals surface area (Å²) < 4.78 is 17.5. The van der Waals surface area contributed by atoms with Gasteiger partial charge >= 0.3 is 13.6 Å². The van der Waals surface area contributed by atoms with Gasteiger partial charge < -0.3 is 10.00 Å². The standard InChI is InChI=1S/C22H23O5P/c23-22(24)21(19-11-2-1-3-12-19)27-28(25,26)16-7-6-10-18-14-8-13-17-9-4-5-15-20(17)18/h1-5,8-9,11-15,21H,6-7,10,16H2,(H,23,24)(H,25,26). The average molecular weight is 398 g/mol. The SMILES string of the molecule is O=C(O)C(OP(=O)(O)CCCCc1cccc2ccccc12)c1ccccc1.